The number of fused-ring (bicyclic) bond motifs is 1. The van der Waals surface area contributed by atoms with Crippen molar-refractivity contribution >= 4 is 29.7 Å². The Balaban J connectivity index is 1.42. The van der Waals surface area contributed by atoms with E-state index in [1.165, 1.54) is 18.0 Å². The number of amides is 3. The van der Waals surface area contributed by atoms with Gasteiger partial charge in [-0.2, -0.15) is 4.79 Å². The van der Waals surface area contributed by atoms with E-state index in [9.17, 15) is 19.5 Å². The molecule has 1 fully saturated rings. The molecule has 1 saturated heterocycles. The molecule has 3 atom stereocenters. The summed E-state index contributed by atoms with van der Waals surface area (Å²) < 4.78 is 4.61. The van der Waals surface area contributed by atoms with Crippen molar-refractivity contribution in [3.8, 4) is 5.75 Å². The van der Waals surface area contributed by atoms with Crippen LogP contribution in [-0.4, -0.2) is 45.5 Å². The summed E-state index contributed by atoms with van der Waals surface area (Å²) in [7, 11) is 0. The maximum Gasteiger partial charge on any atom is 0.527 e. The smallest absolute Gasteiger partial charge is 0.484 e. The Labute approximate surface area is 171 Å². The number of nitrogens with one attached hydrogen (secondary N) is 1. The molecule has 0 spiro atoms. The lowest BCUT2D eigenvalue weighted by Gasteiger charge is -2.42. The molecule has 2 aromatic rings. The number of hydrogen-bond acceptors (Lipinski definition) is 5. The lowest BCUT2D eigenvalue weighted by molar-refractivity contribution is -0.770. The number of nitrogens with zero attached hydrogens (tertiary/aromatic N) is 1. The van der Waals surface area contributed by atoms with Crippen molar-refractivity contribution in [3.63, 3.8) is 0 Å². The maximum atomic E-state index is 12.7. The zero-order valence-corrected chi connectivity index (χ0v) is 16.2. The Hall–Kier alpha value is -3.10. The number of allylic oxidation sites excluding steroid dienone is 1. The molecule has 2 unspecified atom stereocenters. The third-order valence-corrected chi connectivity index (χ3v) is 6.30. The van der Waals surface area contributed by atoms with Crippen LogP contribution in [0.3, 0.4) is 0 Å². The maximum absolute atomic E-state index is 12.7. The van der Waals surface area contributed by atoms with Gasteiger partial charge in [-0.05, 0) is 17.7 Å². The number of quaternary nitrogens is 1. The lowest BCUT2D eigenvalue weighted by atomic mass is 10.0. The Morgan fingerprint density at radius 2 is 1.72 bits per heavy atom. The zero-order chi connectivity index (χ0) is 20.4. The molecule has 7 nitrogen and oxygen atoms in total. The molecular formula is C21H19N2O5S+. The molecule has 2 heterocycles. The van der Waals surface area contributed by atoms with Gasteiger partial charge in [-0.1, -0.05) is 60.3 Å². The Bertz CT molecular complexity index is 979. The number of imide groups is 1. The van der Waals surface area contributed by atoms with Crippen LogP contribution in [0.4, 0.5) is 4.79 Å². The minimum Gasteiger partial charge on any atom is -0.484 e. The van der Waals surface area contributed by atoms with Crippen molar-refractivity contribution in [1.82, 2.24) is 5.32 Å². The van der Waals surface area contributed by atoms with Gasteiger partial charge in [-0.3, -0.25) is 4.79 Å². The van der Waals surface area contributed by atoms with Crippen molar-refractivity contribution in [2.75, 3.05) is 6.61 Å². The van der Waals surface area contributed by atoms with Gasteiger partial charge < -0.3 is 15.2 Å². The van der Waals surface area contributed by atoms with E-state index in [1.54, 1.807) is 24.3 Å². The predicted molar refractivity (Wildman–Crippen MR) is 107 cm³/mol. The molecule has 148 valence electrons. The predicted octanol–water partition coefficient (Wildman–Crippen LogP) is 2.74. The highest BCUT2D eigenvalue weighted by molar-refractivity contribution is 8.03. The van der Waals surface area contributed by atoms with Gasteiger partial charge in [0.2, 0.25) is 6.04 Å². The van der Waals surface area contributed by atoms with Crippen molar-refractivity contribution in [2.45, 2.75) is 17.8 Å². The quantitative estimate of drug-likeness (QED) is 0.561. The van der Waals surface area contributed by atoms with E-state index in [-0.39, 0.29) is 6.61 Å². The highest BCUT2D eigenvalue weighted by Crippen LogP contribution is 2.49. The van der Waals surface area contributed by atoms with Gasteiger partial charge in [0.05, 0.1) is 0 Å². The van der Waals surface area contributed by atoms with E-state index >= 15 is 0 Å². The van der Waals surface area contributed by atoms with Crippen LogP contribution in [-0.2, 0) is 16.0 Å². The molecule has 0 bridgehead atoms. The third-order valence-electron chi connectivity index (χ3n) is 4.90. The zero-order valence-electron chi connectivity index (χ0n) is 15.4. The second kappa shape index (κ2) is 7.73. The normalized spacial score (nSPS) is 24.8. The first-order valence-electron chi connectivity index (χ1n) is 9.06. The standard InChI is InChI=1S/C21H18N2O5S/c24-17(13-28-15-9-5-2-6-10-15)22-18-19(25)23(21(26)27)12-16(29-20(18)23)11-14-7-3-1-4-8-14/h1-10,12,18,20H,11,13H2,(H-,22,24,26,27)/p+1/t18?,20-,23?/m0/s1. The Morgan fingerprint density at radius 3 is 2.38 bits per heavy atom. The van der Waals surface area contributed by atoms with Crippen LogP contribution in [0, 0.1) is 0 Å². The summed E-state index contributed by atoms with van der Waals surface area (Å²) in [6, 6.07) is 17.6. The molecule has 2 aromatic carbocycles. The molecular weight excluding hydrogens is 392 g/mol. The van der Waals surface area contributed by atoms with E-state index in [0.717, 1.165) is 10.5 Å². The van der Waals surface area contributed by atoms with E-state index in [4.69, 9.17) is 4.74 Å². The number of carbonyl (C=O) groups excluding carboxylic acids is 2. The molecule has 2 aliphatic rings. The topological polar surface area (TPSA) is 92.7 Å². The minimum absolute atomic E-state index is 0.247. The SMILES string of the molecule is O=C(COc1ccccc1)NC1C(=O)[N+]2(C(=O)O)C=C(Cc3ccccc3)S[C@@H]12. The lowest BCUT2D eigenvalue weighted by Crippen LogP contribution is -2.78. The summed E-state index contributed by atoms with van der Waals surface area (Å²) in [5.74, 6) is -0.473. The number of rotatable bonds is 6. The molecule has 0 radical (unpaired) electrons. The molecule has 0 aliphatic carbocycles. The number of thioether (sulfide) groups is 1. The molecule has 0 saturated carbocycles. The molecule has 4 rings (SSSR count). The molecule has 3 amide bonds. The summed E-state index contributed by atoms with van der Waals surface area (Å²) in [5.41, 5.74) is 1.03. The Morgan fingerprint density at radius 1 is 1.07 bits per heavy atom. The van der Waals surface area contributed by atoms with E-state index in [0.29, 0.717) is 12.2 Å². The summed E-state index contributed by atoms with van der Waals surface area (Å²) in [6.45, 7) is -0.247. The number of benzene rings is 2. The van der Waals surface area contributed by atoms with E-state index < -0.39 is 33.8 Å². The second-order valence-corrected chi connectivity index (χ2v) is 8.05. The van der Waals surface area contributed by atoms with Gasteiger partial charge in [-0.15, -0.1) is 4.48 Å². The highest BCUT2D eigenvalue weighted by atomic mass is 32.2. The van der Waals surface area contributed by atoms with E-state index in [2.05, 4.69) is 5.32 Å². The van der Waals surface area contributed by atoms with Crippen LogP contribution in [0.2, 0.25) is 0 Å². The monoisotopic (exact) mass is 411 g/mol. The van der Waals surface area contributed by atoms with Gasteiger partial charge in [0.15, 0.2) is 12.0 Å². The number of para-hydroxylation sites is 1. The summed E-state index contributed by atoms with van der Waals surface area (Å²) >= 11 is 1.33. The van der Waals surface area contributed by atoms with Crippen molar-refractivity contribution in [1.29, 1.82) is 0 Å². The number of β-lactam (4-membered cyclic amide) rings is 1. The number of ether oxygens (including phenoxy) is 1. The first-order chi connectivity index (χ1) is 14.0. The van der Waals surface area contributed by atoms with Crippen molar-refractivity contribution in [2.24, 2.45) is 0 Å². The first kappa shape index (κ1) is 19.2. The fourth-order valence-corrected chi connectivity index (χ4v) is 5.02. The number of carboxylic acid groups (broad SMARTS) is 1. The second-order valence-electron chi connectivity index (χ2n) is 6.81. The molecule has 2 N–H and O–H groups in total. The van der Waals surface area contributed by atoms with Gasteiger partial charge in [0.1, 0.15) is 11.9 Å². The first-order valence-corrected chi connectivity index (χ1v) is 9.94. The molecule has 29 heavy (non-hydrogen) atoms. The largest absolute Gasteiger partial charge is 0.527 e. The summed E-state index contributed by atoms with van der Waals surface area (Å²) in [6.07, 6.45) is 0.804. The third kappa shape index (κ3) is 3.52. The van der Waals surface area contributed by atoms with Crippen LogP contribution < -0.4 is 10.1 Å². The molecule has 8 heteroatoms. The Kier molecular flexibility index (Phi) is 5.12. The summed E-state index contributed by atoms with van der Waals surface area (Å²) in [4.78, 5) is 37.6. The molecule has 2 aliphatic heterocycles. The molecule has 0 aromatic heterocycles. The fraction of sp³-hybridized carbons (Fsp3) is 0.190. The van der Waals surface area contributed by atoms with Gasteiger partial charge in [-0.25, -0.2) is 4.79 Å². The van der Waals surface area contributed by atoms with Gasteiger partial charge >= 0.3 is 12.0 Å². The average molecular weight is 411 g/mol. The van der Waals surface area contributed by atoms with Crippen LogP contribution in [0.25, 0.3) is 0 Å². The average Bonchev–Trinajstić information content (AvgIpc) is 3.08. The van der Waals surface area contributed by atoms with Crippen molar-refractivity contribution < 1.29 is 28.7 Å². The fourth-order valence-electron chi connectivity index (χ4n) is 3.49. The summed E-state index contributed by atoms with van der Waals surface area (Å²) in [5, 5.41) is 11.7. The van der Waals surface area contributed by atoms with Gasteiger partial charge in [0.25, 0.3) is 5.91 Å². The minimum atomic E-state index is -1.23. The number of hydrogen-bond donors (Lipinski definition) is 2. The number of carbonyl (C=O) groups is 3. The van der Waals surface area contributed by atoms with Crippen LogP contribution >= 0.6 is 11.8 Å². The van der Waals surface area contributed by atoms with Gasteiger partial charge in [0, 0.05) is 11.3 Å². The van der Waals surface area contributed by atoms with Crippen molar-refractivity contribution in [3.05, 3.63) is 77.3 Å². The van der Waals surface area contributed by atoms with E-state index in [1.807, 2.05) is 36.4 Å². The highest BCUT2D eigenvalue weighted by Gasteiger charge is 2.72. The van der Waals surface area contributed by atoms with Crippen LogP contribution in [0.15, 0.2) is 71.8 Å². The van der Waals surface area contributed by atoms with Crippen LogP contribution in [0.5, 0.6) is 5.75 Å². The van der Waals surface area contributed by atoms with Crippen LogP contribution in [0.1, 0.15) is 5.56 Å².